The molecule has 1 aliphatic carbocycles. The molecule has 3 heteroatoms. The molecule has 1 aliphatic heterocycles. The van der Waals surface area contributed by atoms with Crippen molar-refractivity contribution in [3.05, 3.63) is 0 Å². The molecule has 0 aromatic heterocycles. The van der Waals surface area contributed by atoms with E-state index in [-0.39, 0.29) is 0 Å². The van der Waals surface area contributed by atoms with Crippen molar-refractivity contribution in [1.29, 1.82) is 0 Å². The number of nitrogens with zero attached hydrogens (tertiary/aromatic N) is 1. The van der Waals surface area contributed by atoms with E-state index in [9.17, 15) is 4.79 Å². The first-order valence-corrected chi connectivity index (χ1v) is 7.73. The van der Waals surface area contributed by atoms with Crippen LogP contribution < -0.4 is 0 Å². The molecule has 2 rings (SSSR count). The van der Waals surface area contributed by atoms with Crippen LogP contribution in [0, 0.1) is 5.92 Å². The summed E-state index contributed by atoms with van der Waals surface area (Å²) in [6, 6.07) is 0.300. The molecule has 1 atom stereocenters. The number of carbonyl (C=O) groups is 1. The average molecular weight is 258 g/mol. The Kier molecular flexibility index (Phi) is 5.15. The summed E-state index contributed by atoms with van der Waals surface area (Å²) in [6.07, 6.45) is 10.7. The smallest absolute Gasteiger partial charge is 0.225 e. The summed E-state index contributed by atoms with van der Waals surface area (Å²) < 4.78 is 0. The number of rotatable bonds is 2. The highest BCUT2D eigenvalue weighted by molar-refractivity contribution is 6.18. The lowest BCUT2D eigenvalue weighted by Crippen LogP contribution is -2.44. The summed E-state index contributed by atoms with van der Waals surface area (Å²) in [4.78, 5) is 14.6. The van der Waals surface area contributed by atoms with Crippen LogP contribution in [0.15, 0.2) is 0 Å². The van der Waals surface area contributed by atoms with E-state index in [2.05, 4.69) is 4.90 Å². The van der Waals surface area contributed by atoms with Gasteiger partial charge in [0.1, 0.15) is 0 Å². The van der Waals surface area contributed by atoms with Crippen LogP contribution in [-0.4, -0.2) is 29.3 Å². The van der Waals surface area contributed by atoms with Gasteiger partial charge in [0.2, 0.25) is 5.91 Å². The maximum atomic E-state index is 12.5. The van der Waals surface area contributed by atoms with E-state index >= 15 is 0 Å². The number of hydrogen-bond donors (Lipinski definition) is 0. The van der Waals surface area contributed by atoms with Gasteiger partial charge in [0, 0.05) is 24.4 Å². The lowest BCUT2D eigenvalue weighted by Gasteiger charge is -2.33. The highest BCUT2D eigenvalue weighted by atomic mass is 35.5. The van der Waals surface area contributed by atoms with Crippen molar-refractivity contribution in [3.8, 4) is 0 Å². The fraction of sp³-hybridized carbons (Fsp3) is 0.929. The molecule has 1 unspecified atom stereocenters. The van der Waals surface area contributed by atoms with Gasteiger partial charge in [-0.05, 0) is 25.7 Å². The highest BCUT2D eigenvalue weighted by Crippen LogP contribution is 2.28. The van der Waals surface area contributed by atoms with Gasteiger partial charge in [-0.2, -0.15) is 0 Å². The first-order chi connectivity index (χ1) is 8.33. The van der Waals surface area contributed by atoms with Crippen LogP contribution in [0.3, 0.4) is 0 Å². The third kappa shape index (κ3) is 3.37. The van der Waals surface area contributed by atoms with Crippen LogP contribution in [0.1, 0.15) is 57.8 Å². The van der Waals surface area contributed by atoms with Crippen molar-refractivity contribution in [3.63, 3.8) is 0 Å². The minimum atomic E-state index is 0.299. The van der Waals surface area contributed by atoms with E-state index in [0.29, 0.717) is 23.7 Å². The molecule has 0 radical (unpaired) electrons. The molecule has 0 spiro atoms. The van der Waals surface area contributed by atoms with E-state index in [0.717, 1.165) is 32.2 Å². The Balaban J connectivity index is 1.98. The number of halogens is 1. The second kappa shape index (κ2) is 6.63. The van der Waals surface area contributed by atoms with E-state index in [4.69, 9.17) is 11.6 Å². The fourth-order valence-electron chi connectivity index (χ4n) is 3.21. The maximum absolute atomic E-state index is 12.5. The first-order valence-electron chi connectivity index (χ1n) is 7.19. The molecule has 0 N–H and O–H groups in total. The van der Waals surface area contributed by atoms with Crippen LogP contribution in [0.4, 0.5) is 0 Å². The Hall–Kier alpha value is -0.240. The second-order valence-corrected chi connectivity index (χ2v) is 5.83. The molecule has 2 aliphatic rings. The lowest BCUT2D eigenvalue weighted by molar-refractivity contribution is -0.138. The quantitative estimate of drug-likeness (QED) is 0.693. The van der Waals surface area contributed by atoms with E-state index in [1.165, 1.54) is 32.1 Å². The second-order valence-electron chi connectivity index (χ2n) is 5.52. The van der Waals surface area contributed by atoms with Crippen molar-refractivity contribution < 1.29 is 4.79 Å². The summed E-state index contributed by atoms with van der Waals surface area (Å²) >= 11 is 6.04. The Morgan fingerprint density at radius 2 is 1.65 bits per heavy atom. The Bertz CT molecular complexity index is 251. The molecule has 0 aromatic rings. The molecular formula is C14H24ClNO. The third-order valence-electron chi connectivity index (χ3n) is 4.29. The number of hydrogen-bond acceptors (Lipinski definition) is 1. The fourth-order valence-corrected chi connectivity index (χ4v) is 3.53. The normalized spacial score (nSPS) is 27.8. The van der Waals surface area contributed by atoms with Gasteiger partial charge in [0.05, 0.1) is 0 Å². The molecule has 2 nitrogen and oxygen atoms in total. The monoisotopic (exact) mass is 257 g/mol. The van der Waals surface area contributed by atoms with Crippen LogP contribution >= 0.6 is 11.6 Å². The van der Waals surface area contributed by atoms with Crippen molar-refractivity contribution in [2.45, 2.75) is 63.8 Å². The largest absolute Gasteiger partial charge is 0.338 e. The van der Waals surface area contributed by atoms with Crippen molar-refractivity contribution >= 4 is 17.5 Å². The molecule has 1 heterocycles. The molecule has 1 amide bonds. The van der Waals surface area contributed by atoms with Crippen molar-refractivity contribution in [1.82, 2.24) is 4.90 Å². The summed E-state index contributed by atoms with van der Waals surface area (Å²) in [5, 5.41) is 0. The summed E-state index contributed by atoms with van der Waals surface area (Å²) in [5.74, 6) is 1.31. The number of carbonyl (C=O) groups excluding carboxylic acids is 1. The molecule has 1 saturated carbocycles. The van der Waals surface area contributed by atoms with Crippen LogP contribution in [0.25, 0.3) is 0 Å². The van der Waals surface area contributed by atoms with Crippen molar-refractivity contribution in [2.75, 3.05) is 12.4 Å². The Morgan fingerprint density at radius 3 is 2.35 bits per heavy atom. The van der Waals surface area contributed by atoms with E-state index in [1.54, 1.807) is 0 Å². The van der Waals surface area contributed by atoms with Gasteiger partial charge < -0.3 is 4.90 Å². The average Bonchev–Trinajstić information content (AvgIpc) is 2.64. The summed E-state index contributed by atoms with van der Waals surface area (Å²) in [6.45, 7) is 0.937. The number of alkyl halides is 1. The zero-order chi connectivity index (χ0) is 12.1. The predicted octanol–water partition coefficient (Wildman–Crippen LogP) is 3.58. The summed E-state index contributed by atoms with van der Waals surface area (Å²) in [7, 11) is 0. The van der Waals surface area contributed by atoms with Crippen molar-refractivity contribution in [2.24, 2.45) is 5.92 Å². The Labute approximate surface area is 110 Å². The van der Waals surface area contributed by atoms with Crippen LogP contribution in [0.5, 0.6) is 0 Å². The zero-order valence-corrected chi connectivity index (χ0v) is 11.4. The summed E-state index contributed by atoms with van der Waals surface area (Å²) in [5.41, 5.74) is 0. The molecule has 2 fully saturated rings. The topological polar surface area (TPSA) is 20.3 Å². The molecular weight excluding hydrogens is 234 g/mol. The van der Waals surface area contributed by atoms with Gasteiger partial charge in [0.25, 0.3) is 0 Å². The number of amides is 1. The van der Waals surface area contributed by atoms with Crippen LogP contribution in [0.2, 0.25) is 0 Å². The van der Waals surface area contributed by atoms with Gasteiger partial charge >= 0.3 is 0 Å². The third-order valence-corrected chi connectivity index (χ3v) is 4.65. The predicted molar refractivity (Wildman–Crippen MR) is 71.3 cm³/mol. The minimum Gasteiger partial charge on any atom is -0.338 e. The van der Waals surface area contributed by atoms with Gasteiger partial charge in [-0.1, -0.05) is 32.1 Å². The van der Waals surface area contributed by atoms with Gasteiger partial charge in [0.15, 0.2) is 0 Å². The SMILES string of the molecule is O=C(C1CCCCC1)N1CCCCCC1CCl. The van der Waals surface area contributed by atoms with E-state index < -0.39 is 0 Å². The Morgan fingerprint density at radius 1 is 1.00 bits per heavy atom. The van der Waals surface area contributed by atoms with Crippen LogP contribution in [-0.2, 0) is 4.79 Å². The standard InChI is InChI=1S/C14H24ClNO/c15-11-13-9-5-2-6-10-16(13)14(17)12-7-3-1-4-8-12/h12-13H,1-11H2. The van der Waals surface area contributed by atoms with E-state index in [1.807, 2.05) is 0 Å². The molecule has 0 aromatic carbocycles. The van der Waals surface area contributed by atoms with Gasteiger partial charge in [-0.15, -0.1) is 11.6 Å². The number of likely N-dealkylation sites (tertiary alicyclic amines) is 1. The maximum Gasteiger partial charge on any atom is 0.225 e. The molecule has 1 saturated heterocycles. The lowest BCUT2D eigenvalue weighted by atomic mass is 9.88. The highest BCUT2D eigenvalue weighted by Gasteiger charge is 2.30. The molecule has 17 heavy (non-hydrogen) atoms. The van der Waals surface area contributed by atoms with Gasteiger partial charge in [-0.25, -0.2) is 0 Å². The molecule has 98 valence electrons. The molecule has 0 bridgehead atoms. The zero-order valence-electron chi connectivity index (χ0n) is 10.7. The minimum absolute atomic E-state index is 0.299. The van der Waals surface area contributed by atoms with Gasteiger partial charge in [-0.3, -0.25) is 4.79 Å². The first kappa shape index (κ1) is 13.2.